The van der Waals surface area contributed by atoms with Gasteiger partial charge in [-0.3, -0.25) is 4.79 Å². The molecule has 0 aliphatic heterocycles. The quantitative estimate of drug-likeness (QED) is 0.731. The normalized spacial score (nSPS) is 10.8. The Morgan fingerprint density at radius 1 is 1.17 bits per heavy atom. The second-order valence-electron chi connectivity index (χ2n) is 5.38. The number of hydrogen-bond acceptors (Lipinski definition) is 5. The third-order valence-electron chi connectivity index (χ3n) is 3.46. The minimum atomic E-state index is -0.138. The number of aromatic amines is 1. The lowest BCUT2D eigenvalue weighted by molar-refractivity contribution is 0.432. The number of aryl methyl sites for hydroxylation is 2. The molecule has 0 atom stereocenters. The van der Waals surface area contributed by atoms with Gasteiger partial charge in [-0.15, -0.1) is 0 Å². The number of benzene rings is 1. The molecule has 0 aliphatic carbocycles. The molecule has 2 N–H and O–H groups in total. The lowest BCUT2D eigenvalue weighted by Gasteiger charge is -2.05. The molecule has 6 nitrogen and oxygen atoms in total. The van der Waals surface area contributed by atoms with Gasteiger partial charge in [0.2, 0.25) is 5.82 Å². The Bertz CT molecular complexity index is 929. The molecule has 0 bridgehead atoms. The van der Waals surface area contributed by atoms with Gasteiger partial charge in [-0.05, 0) is 43.7 Å². The standard InChI is InChI=1S/C16H14Cl2N4O2/c1-8-3-9(2)20-15(23)13(8)7-19-16-21-14(22-24-16)10-4-11(17)6-12(18)5-10/h3-6H,7H2,1-2H3,(H,20,23)(H,19,21,22). The molecule has 0 amide bonds. The van der Waals surface area contributed by atoms with Crippen LogP contribution in [0.5, 0.6) is 0 Å². The van der Waals surface area contributed by atoms with Gasteiger partial charge in [0, 0.05) is 26.9 Å². The van der Waals surface area contributed by atoms with Crippen LogP contribution in [0.1, 0.15) is 16.8 Å². The second kappa shape index (κ2) is 6.67. The molecule has 24 heavy (non-hydrogen) atoms. The van der Waals surface area contributed by atoms with Gasteiger partial charge in [-0.1, -0.05) is 28.4 Å². The Morgan fingerprint density at radius 2 is 1.88 bits per heavy atom. The molecule has 3 aromatic rings. The molecule has 2 heterocycles. The van der Waals surface area contributed by atoms with Gasteiger partial charge in [0.1, 0.15) is 0 Å². The number of hydrogen-bond donors (Lipinski definition) is 2. The van der Waals surface area contributed by atoms with Crippen molar-refractivity contribution in [1.82, 2.24) is 15.1 Å². The fourth-order valence-corrected chi connectivity index (χ4v) is 2.89. The zero-order valence-electron chi connectivity index (χ0n) is 13.0. The summed E-state index contributed by atoms with van der Waals surface area (Å²) in [6.07, 6.45) is 0. The molecule has 0 radical (unpaired) electrons. The SMILES string of the molecule is Cc1cc(C)c(CNc2nc(-c3cc(Cl)cc(Cl)c3)no2)c(=O)[nH]1. The number of H-pyrrole nitrogens is 1. The Kier molecular flexibility index (Phi) is 4.59. The van der Waals surface area contributed by atoms with Gasteiger partial charge in [-0.25, -0.2) is 0 Å². The Morgan fingerprint density at radius 3 is 2.54 bits per heavy atom. The third-order valence-corrected chi connectivity index (χ3v) is 3.89. The molecule has 8 heteroatoms. The number of halogens is 2. The Balaban J connectivity index is 1.79. The van der Waals surface area contributed by atoms with Crippen molar-refractivity contribution >= 4 is 29.2 Å². The average molecular weight is 365 g/mol. The van der Waals surface area contributed by atoms with E-state index in [1.165, 1.54) is 0 Å². The van der Waals surface area contributed by atoms with E-state index >= 15 is 0 Å². The molecule has 0 aliphatic rings. The first-order chi connectivity index (χ1) is 11.4. The molecule has 1 aromatic carbocycles. The summed E-state index contributed by atoms with van der Waals surface area (Å²) in [6, 6.07) is 7.12. The molecular formula is C16H14Cl2N4O2. The van der Waals surface area contributed by atoms with Crippen LogP contribution in [0.15, 0.2) is 33.6 Å². The number of nitrogens with zero attached hydrogens (tertiary/aromatic N) is 2. The molecule has 0 unspecified atom stereocenters. The maximum absolute atomic E-state index is 12.0. The van der Waals surface area contributed by atoms with Crippen LogP contribution in [0, 0.1) is 13.8 Å². The first-order valence-corrected chi connectivity index (χ1v) is 7.91. The van der Waals surface area contributed by atoms with Gasteiger partial charge in [0.05, 0.1) is 6.54 Å². The zero-order chi connectivity index (χ0) is 17.3. The van der Waals surface area contributed by atoms with Crippen LogP contribution in [0.4, 0.5) is 6.01 Å². The summed E-state index contributed by atoms with van der Waals surface area (Å²) in [4.78, 5) is 19.0. The van der Waals surface area contributed by atoms with E-state index in [2.05, 4.69) is 20.4 Å². The van der Waals surface area contributed by atoms with Gasteiger partial charge in [-0.2, -0.15) is 4.98 Å². The van der Waals surface area contributed by atoms with E-state index in [1.807, 2.05) is 19.9 Å². The van der Waals surface area contributed by atoms with Crippen LogP contribution < -0.4 is 10.9 Å². The van der Waals surface area contributed by atoms with Crippen molar-refractivity contribution in [3.63, 3.8) is 0 Å². The summed E-state index contributed by atoms with van der Waals surface area (Å²) in [7, 11) is 0. The zero-order valence-corrected chi connectivity index (χ0v) is 14.5. The smallest absolute Gasteiger partial charge is 0.322 e. The van der Waals surface area contributed by atoms with Crippen molar-refractivity contribution in [2.75, 3.05) is 5.32 Å². The highest BCUT2D eigenvalue weighted by atomic mass is 35.5. The highest BCUT2D eigenvalue weighted by Crippen LogP contribution is 2.26. The molecule has 2 aromatic heterocycles. The largest absolute Gasteiger partial charge is 0.333 e. The summed E-state index contributed by atoms with van der Waals surface area (Å²) in [6.45, 7) is 4.00. The van der Waals surface area contributed by atoms with Gasteiger partial charge >= 0.3 is 6.01 Å². The lowest BCUT2D eigenvalue weighted by atomic mass is 10.1. The summed E-state index contributed by atoms with van der Waals surface area (Å²) in [5.74, 6) is 0.358. The highest BCUT2D eigenvalue weighted by Gasteiger charge is 2.11. The first-order valence-electron chi connectivity index (χ1n) is 7.16. The first kappa shape index (κ1) is 16.5. The molecule has 0 fully saturated rings. The predicted octanol–water partition coefficient (Wildman–Crippen LogP) is 3.96. The summed E-state index contributed by atoms with van der Waals surface area (Å²) < 4.78 is 5.15. The van der Waals surface area contributed by atoms with Crippen LogP contribution in [-0.4, -0.2) is 15.1 Å². The van der Waals surface area contributed by atoms with Crippen LogP contribution in [-0.2, 0) is 6.54 Å². The topological polar surface area (TPSA) is 83.8 Å². The number of anilines is 1. The van der Waals surface area contributed by atoms with Crippen molar-refractivity contribution in [1.29, 1.82) is 0 Å². The van der Waals surface area contributed by atoms with E-state index in [-0.39, 0.29) is 18.1 Å². The highest BCUT2D eigenvalue weighted by molar-refractivity contribution is 6.35. The fraction of sp³-hybridized carbons (Fsp3) is 0.188. The van der Waals surface area contributed by atoms with E-state index in [4.69, 9.17) is 27.7 Å². The van der Waals surface area contributed by atoms with E-state index < -0.39 is 0 Å². The molecular weight excluding hydrogens is 351 g/mol. The van der Waals surface area contributed by atoms with Crippen molar-refractivity contribution in [2.45, 2.75) is 20.4 Å². The summed E-state index contributed by atoms with van der Waals surface area (Å²) >= 11 is 11.9. The maximum atomic E-state index is 12.0. The lowest BCUT2D eigenvalue weighted by Crippen LogP contribution is -2.18. The van der Waals surface area contributed by atoms with E-state index in [0.717, 1.165) is 11.3 Å². The van der Waals surface area contributed by atoms with Crippen molar-refractivity contribution in [3.8, 4) is 11.4 Å². The van der Waals surface area contributed by atoms with Crippen molar-refractivity contribution in [2.24, 2.45) is 0 Å². The fourth-order valence-electron chi connectivity index (χ4n) is 2.36. The maximum Gasteiger partial charge on any atom is 0.322 e. The van der Waals surface area contributed by atoms with Crippen molar-refractivity contribution < 1.29 is 4.52 Å². The van der Waals surface area contributed by atoms with E-state index in [0.29, 0.717) is 27.0 Å². The van der Waals surface area contributed by atoms with Crippen LogP contribution in [0.2, 0.25) is 10.0 Å². The summed E-state index contributed by atoms with van der Waals surface area (Å²) in [5, 5.41) is 7.81. The number of rotatable bonds is 4. The van der Waals surface area contributed by atoms with Crippen molar-refractivity contribution in [3.05, 3.63) is 61.5 Å². The second-order valence-corrected chi connectivity index (χ2v) is 6.25. The third kappa shape index (κ3) is 3.60. The van der Waals surface area contributed by atoms with E-state index in [1.54, 1.807) is 18.2 Å². The van der Waals surface area contributed by atoms with Crippen LogP contribution >= 0.6 is 23.2 Å². The van der Waals surface area contributed by atoms with Gasteiger partial charge < -0.3 is 14.8 Å². The molecule has 124 valence electrons. The minimum Gasteiger partial charge on any atom is -0.333 e. The van der Waals surface area contributed by atoms with Crippen LogP contribution in [0.3, 0.4) is 0 Å². The minimum absolute atomic E-state index is 0.138. The number of aromatic nitrogens is 3. The Hall–Kier alpha value is -2.31. The average Bonchev–Trinajstić information content (AvgIpc) is 2.94. The van der Waals surface area contributed by atoms with Crippen LogP contribution in [0.25, 0.3) is 11.4 Å². The number of pyridine rings is 1. The predicted molar refractivity (Wildman–Crippen MR) is 93.6 cm³/mol. The molecule has 0 spiro atoms. The van der Waals surface area contributed by atoms with E-state index in [9.17, 15) is 4.79 Å². The molecule has 0 saturated carbocycles. The monoisotopic (exact) mass is 364 g/mol. The van der Waals surface area contributed by atoms with Gasteiger partial charge in [0.15, 0.2) is 0 Å². The molecule has 3 rings (SSSR count). The van der Waals surface area contributed by atoms with Gasteiger partial charge in [0.25, 0.3) is 5.56 Å². The Labute approximate surface area is 147 Å². The summed E-state index contributed by atoms with van der Waals surface area (Å²) in [5.41, 5.74) is 2.84. The number of nitrogens with one attached hydrogen (secondary N) is 2. The molecule has 0 saturated heterocycles.